The molecule has 1 aliphatic heterocycles. The van der Waals surface area contributed by atoms with Crippen molar-refractivity contribution in [3.63, 3.8) is 0 Å². The Kier molecular flexibility index (Phi) is 11.0. The van der Waals surface area contributed by atoms with Crippen LogP contribution in [0, 0.1) is 0 Å². The smallest absolute Gasteiger partial charge is 0.409 e. The van der Waals surface area contributed by atoms with E-state index in [0.29, 0.717) is 38.1 Å². The molecule has 28 heavy (non-hydrogen) atoms. The van der Waals surface area contributed by atoms with Gasteiger partial charge in [0.05, 0.1) is 13.7 Å². The first-order chi connectivity index (χ1) is 13.0. The Morgan fingerprint density at radius 3 is 2.54 bits per heavy atom. The lowest BCUT2D eigenvalue weighted by atomic mass is 9.98. The number of rotatable bonds is 7. The van der Waals surface area contributed by atoms with Gasteiger partial charge in [0, 0.05) is 25.7 Å². The number of hydrogen-bond acceptors (Lipinski definition) is 4. The van der Waals surface area contributed by atoms with E-state index >= 15 is 0 Å². The van der Waals surface area contributed by atoms with Gasteiger partial charge in [-0.3, -0.25) is 4.99 Å². The topological polar surface area (TPSA) is 89.2 Å². The van der Waals surface area contributed by atoms with Gasteiger partial charge in [0.15, 0.2) is 5.96 Å². The summed E-state index contributed by atoms with van der Waals surface area (Å²) in [6.07, 6.45) is 2.38. The van der Waals surface area contributed by atoms with E-state index in [4.69, 9.17) is 15.2 Å². The Hall–Kier alpha value is -1.71. The molecule has 158 valence electrons. The normalized spacial score (nSPS) is 16.1. The molecule has 1 amide bonds. The highest BCUT2D eigenvalue weighted by Crippen LogP contribution is 2.21. The van der Waals surface area contributed by atoms with Crippen molar-refractivity contribution >= 4 is 36.0 Å². The van der Waals surface area contributed by atoms with Gasteiger partial charge in [-0.2, -0.15) is 0 Å². The second-order valence-electron chi connectivity index (χ2n) is 6.83. The van der Waals surface area contributed by atoms with Gasteiger partial charge < -0.3 is 25.4 Å². The summed E-state index contributed by atoms with van der Waals surface area (Å²) in [6, 6.07) is 8.39. The summed E-state index contributed by atoms with van der Waals surface area (Å²) in [7, 11) is 1.67. The summed E-state index contributed by atoms with van der Waals surface area (Å²) in [4.78, 5) is 17.9. The number of hydrogen-bond donors (Lipinski definition) is 2. The molecule has 1 aliphatic rings. The van der Waals surface area contributed by atoms with E-state index in [2.05, 4.69) is 29.4 Å². The number of likely N-dealkylation sites (tertiary alicyclic amines) is 1. The average molecular weight is 504 g/mol. The van der Waals surface area contributed by atoms with E-state index in [0.717, 1.165) is 25.0 Å². The quantitative estimate of drug-likeness (QED) is 0.338. The zero-order chi connectivity index (χ0) is 19.6. The maximum atomic E-state index is 11.7. The fraction of sp³-hybridized carbons (Fsp3) is 0.600. The van der Waals surface area contributed by atoms with E-state index in [1.54, 1.807) is 12.0 Å². The van der Waals surface area contributed by atoms with Crippen molar-refractivity contribution in [3.05, 3.63) is 29.8 Å². The highest BCUT2D eigenvalue weighted by Gasteiger charge is 2.23. The predicted octanol–water partition coefficient (Wildman–Crippen LogP) is 3.33. The second kappa shape index (κ2) is 12.7. The number of aliphatic imine (C=N–C) groups is 1. The zero-order valence-corrected chi connectivity index (χ0v) is 19.3. The van der Waals surface area contributed by atoms with Gasteiger partial charge in [-0.25, -0.2) is 4.79 Å². The molecule has 1 heterocycles. The highest BCUT2D eigenvalue weighted by atomic mass is 127. The molecule has 1 saturated heterocycles. The molecule has 0 radical (unpaired) electrons. The van der Waals surface area contributed by atoms with Gasteiger partial charge in [0.2, 0.25) is 0 Å². The van der Waals surface area contributed by atoms with Crippen LogP contribution in [0.3, 0.4) is 0 Å². The maximum absolute atomic E-state index is 11.7. The first-order valence-corrected chi connectivity index (χ1v) is 9.65. The molecule has 7 nitrogen and oxygen atoms in total. The molecule has 0 aliphatic carbocycles. The maximum Gasteiger partial charge on any atom is 0.409 e. The molecule has 1 unspecified atom stereocenters. The third-order valence-corrected chi connectivity index (χ3v) is 4.90. The van der Waals surface area contributed by atoms with Crippen LogP contribution in [-0.2, 0) is 4.74 Å². The Morgan fingerprint density at radius 1 is 1.32 bits per heavy atom. The summed E-state index contributed by atoms with van der Waals surface area (Å²) in [5, 5.41) is 3.27. The molecule has 0 spiro atoms. The highest BCUT2D eigenvalue weighted by molar-refractivity contribution is 14.0. The third-order valence-electron chi connectivity index (χ3n) is 4.90. The number of methoxy groups -OCH3 is 1. The Bertz CT molecular complexity index is 616. The summed E-state index contributed by atoms with van der Waals surface area (Å²) in [5.41, 5.74) is 7.29. The number of carbonyl (C=O) groups is 1. The van der Waals surface area contributed by atoms with E-state index in [9.17, 15) is 4.79 Å². The lowest BCUT2D eigenvalue weighted by molar-refractivity contribution is 0.0963. The minimum absolute atomic E-state index is 0. The molecule has 2 rings (SSSR count). The Labute approximate surface area is 185 Å². The lowest BCUT2D eigenvalue weighted by Gasteiger charge is -2.31. The molecule has 1 fully saturated rings. The number of piperidine rings is 1. The first kappa shape index (κ1) is 24.3. The van der Waals surface area contributed by atoms with E-state index in [1.165, 1.54) is 5.56 Å². The second-order valence-corrected chi connectivity index (χ2v) is 6.83. The van der Waals surface area contributed by atoms with Crippen LogP contribution < -0.4 is 15.8 Å². The SMILES string of the molecule is CCOC(=O)N1CCC(NC(N)=NCCC(C)c2ccc(OC)cc2)CC1.I. The van der Waals surface area contributed by atoms with Crippen molar-refractivity contribution in [1.29, 1.82) is 0 Å². The third kappa shape index (κ3) is 7.73. The molecule has 0 bridgehead atoms. The number of benzene rings is 1. The van der Waals surface area contributed by atoms with Gasteiger partial charge in [-0.1, -0.05) is 19.1 Å². The number of ether oxygens (including phenoxy) is 2. The molecule has 3 N–H and O–H groups in total. The minimum Gasteiger partial charge on any atom is -0.497 e. The van der Waals surface area contributed by atoms with Crippen molar-refractivity contribution in [2.45, 2.75) is 45.1 Å². The Balaban J connectivity index is 0.00000392. The molecule has 1 aromatic rings. The van der Waals surface area contributed by atoms with Gasteiger partial charge >= 0.3 is 6.09 Å². The average Bonchev–Trinajstić information content (AvgIpc) is 2.68. The van der Waals surface area contributed by atoms with Crippen LogP contribution in [0.25, 0.3) is 0 Å². The number of amides is 1. The van der Waals surface area contributed by atoms with Gasteiger partial charge in [0.25, 0.3) is 0 Å². The van der Waals surface area contributed by atoms with Crippen LogP contribution in [0.1, 0.15) is 44.6 Å². The Morgan fingerprint density at radius 2 is 1.96 bits per heavy atom. The van der Waals surface area contributed by atoms with Crippen molar-refractivity contribution in [1.82, 2.24) is 10.2 Å². The first-order valence-electron chi connectivity index (χ1n) is 9.65. The monoisotopic (exact) mass is 504 g/mol. The van der Waals surface area contributed by atoms with Crippen molar-refractivity contribution in [3.8, 4) is 5.75 Å². The van der Waals surface area contributed by atoms with Crippen molar-refractivity contribution < 1.29 is 14.3 Å². The van der Waals surface area contributed by atoms with Crippen molar-refractivity contribution in [2.24, 2.45) is 10.7 Å². The van der Waals surface area contributed by atoms with Crippen LogP contribution >= 0.6 is 24.0 Å². The van der Waals surface area contributed by atoms with Gasteiger partial charge in [-0.05, 0) is 49.8 Å². The van der Waals surface area contributed by atoms with E-state index in [-0.39, 0.29) is 36.1 Å². The summed E-state index contributed by atoms with van der Waals surface area (Å²) in [6.45, 7) is 6.45. The number of nitrogens with one attached hydrogen (secondary N) is 1. The number of nitrogens with zero attached hydrogens (tertiary/aromatic N) is 2. The number of nitrogens with two attached hydrogens (primary N) is 1. The molecule has 0 aromatic heterocycles. The van der Waals surface area contributed by atoms with Crippen LogP contribution in [-0.4, -0.2) is 56.3 Å². The molecule has 8 heteroatoms. The van der Waals surface area contributed by atoms with E-state index in [1.807, 2.05) is 19.1 Å². The van der Waals surface area contributed by atoms with Crippen LogP contribution in [0.2, 0.25) is 0 Å². The van der Waals surface area contributed by atoms with Crippen LogP contribution in [0.15, 0.2) is 29.3 Å². The largest absolute Gasteiger partial charge is 0.497 e. The fourth-order valence-corrected chi connectivity index (χ4v) is 3.15. The van der Waals surface area contributed by atoms with Crippen molar-refractivity contribution in [2.75, 3.05) is 33.4 Å². The summed E-state index contributed by atoms with van der Waals surface area (Å²) in [5.74, 6) is 1.75. The van der Waals surface area contributed by atoms with Gasteiger partial charge in [0.1, 0.15) is 5.75 Å². The number of halogens is 1. The molecule has 1 aromatic carbocycles. The zero-order valence-electron chi connectivity index (χ0n) is 17.0. The molecule has 0 saturated carbocycles. The standard InChI is InChI=1S/C20H32N4O3.HI/c1-4-27-20(25)24-13-10-17(11-14-24)23-19(21)22-12-9-15(2)16-5-7-18(26-3)8-6-16;/h5-8,15,17H,4,9-14H2,1-3H3,(H3,21,22,23);1H. The number of guanidine groups is 1. The van der Waals surface area contributed by atoms with Gasteiger partial charge in [-0.15, -0.1) is 24.0 Å². The molecular formula is C20H33IN4O3. The molecular weight excluding hydrogens is 471 g/mol. The van der Waals surface area contributed by atoms with E-state index < -0.39 is 0 Å². The fourth-order valence-electron chi connectivity index (χ4n) is 3.15. The number of carbonyl (C=O) groups excluding carboxylic acids is 1. The van der Waals surface area contributed by atoms with Crippen LogP contribution in [0.5, 0.6) is 5.75 Å². The van der Waals surface area contributed by atoms with Crippen LogP contribution in [0.4, 0.5) is 4.79 Å². The minimum atomic E-state index is -0.231. The summed E-state index contributed by atoms with van der Waals surface area (Å²) >= 11 is 0. The predicted molar refractivity (Wildman–Crippen MR) is 123 cm³/mol. The molecule has 1 atom stereocenters. The lowest BCUT2D eigenvalue weighted by Crippen LogP contribution is -2.48. The summed E-state index contributed by atoms with van der Waals surface area (Å²) < 4.78 is 10.2.